The van der Waals surface area contributed by atoms with E-state index in [2.05, 4.69) is 10.3 Å². The van der Waals surface area contributed by atoms with Crippen LogP contribution in [0.1, 0.15) is 48.9 Å². The standard InChI is InChI=1S/C18H23ClN2OS/c1-23-18-14(3-5-16(19)21-18)17(22)20-15-4-2-11-6-10-7-12(11)9-13(15)8-10/h3,5,10-13,15H,2,4,6-9H2,1H3,(H,20,22). The van der Waals surface area contributed by atoms with Crippen LogP contribution >= 0.6 is 23.4 Å². The Labute approximate surface area is 147 Å². The number of hydrogen-bond donors (Lipinski definition) is 1. The highest BCUT2D eigenvalue weighted by molar-refractivity contribution is 7.98. The van der Waals surface area contributed by atoms with Crippen LogP contribution in [0, 0.1) is 23.7 Å². The molecule has 5 heteroatoms. The largest absolute Gasteiger partial charge is 0.349 e. The number of aromatic nitrogens is 1. The molecule has 3 bridgehead atoms. The molecular formula is C18H23ClN2OS. The van der Waals surface area contributed by atoms with Gasteiger partial charge in [-0.3, -0.25) is 4.79 Å². The van der Waals surface area contributed by atoms with Crippen LogP contribution in [0.3, 0.4) is 0 Å². The molecule has 3 fully saturated rings. The number of amides is 1. The first-order valence-corrected chi connectivity index (χ1v) is 10.3. The molecule has 3 nitrogen and oxygen atoms in total. The van der Waals surface area contributed by atoms with E-state index in [1.165, 1.54) is 43.9 Å². The Kier molecular flexibility index (Phi) is 4.31. The highest BCUT2D eigenvalue weighted by Crippen LogP contribution is 2.53. The van der Waals surface area contributed by atoms with Gasteiger partial charge in [0.1, 0.15) is 10.2 Å². The summed E-state index contributed by atoms with van der Waals surface area (Å²) in [6, 6.07) is 3.84. The van der Waals surface area contributed by atoms with Gasteiger partial charge in [0.25, 0.3) is 5.91 Å². The molecule has 1 aromatic heterocycles. The Hall–Kier alpha value is -0.740. The zero-order chi connectivity index (χ0) is 16.0. The summed E-state index contributed by atoms with van der Waals surface area (Å²) in [5, 5.41) is 4.49. The van der Waals surface area contributed by atoms with E-state index in [4.69, 9.17) is 11.6 Å². The predicted octanol–water partition coefficient (Wildman–Crippen LogP) is 4.40. The van der Waals surface area contributed by atoms with Crippen LogP contribution < -0.4 is 5.32 Å². The average Bonchev–Trinajstić information content (AvgIpc) is 2.77. The van der Waals surface area contributed by atoms with Gasteiger partial charge in [-0.15, -0.1) is 11.8 Å². The Morgan fingerprint density at radius 2 is 1.96 bits per heavy atom. The van der Waals surface area contributed by atoms with Crippen LogP contribution in [0.2, 0.25) is 5.15 Å². The highest BCUT2D eigenvalue weighted by Gasteiger charge is 2.45. The number of hydrogen-bond acceptors (Lipinski definition) is 3. The Bertz CT molecular complexity index is 623. The van der Waals surface area contributed by atoms with E-state index in [0.29, 0.717) is 27.7 Å². The summed E-state index contributed by atoms with van der Waals surface area (Å²) in [6.07, 6.45) is 9.88. The fraction of sp³-hybridized carbons (Fsp3) is 0.667. The smallest absolute Gasteiger partial charge is 0.254 e. The number of nitrogens with one attached hydrogen (secondary N) is 1. The van der Waals surface area contributed by atoms with Crippen molar-refractivity contribution in [3.8, 4) is 0 Å². The lowest BCUT2D eigenvalue weighted by molar-refractivity contribution is 0.0899. The van der Waals surface area contributed by atoms with E-state index in [1.807, 2.05) is 6.26 Å². The molecule has 5 atom stereocenters. The molecule has 124 valence electrons. The molecule has 23 heavy (non-hydrogen) atoms. The first kappa shape index (κ1) is 15.8. The average molecular weight is 351 g/mol. The third-order valence-corrected chi connectivity index (χ3v) is 7.09. The van der Waals surface area contributed by atoms with Gasteiger partial charge in [0.15, 0.2) is 0 Å². The first-order valence-electron chi connectivity index (χ1n) is 8.65. The summed E-state index contributed by atoms with van der Waals surface area (Å²) in [5.41, 5.74) is 0.656. The maximum absolute atomic E-state index is 12.8. The lowest BCUT2D eigenvalue weighted by Crippen LogP contribution is -2.42. The summed E-state index contributed by atoms with van der Waals surface area (Å²) < 4.78 is 0. The molecule has 3 aliphatic rings. The van der Waals surface area contributed by atoms with Crippen molar-refractivity contribution in [2.24, 2.45) is 23.7 Å². The minimum atomic E-state index is 0.0150. The SMILES string of the molecule is CSc1nc(Cl)ccc1C(=O)NC1CCC2CC3CC2CC1C3. The summed E-state index contributed by atoms with van der Waals surface area (Å²) in [6.45, 7) is 0. The van der Waals surface area contributed by atoms with E-state index >= 15 is 0 Å². The maximum atomic E-state index is 12.8. The number of carbonyl (C=O) groups excluding carboxylic acids is 1. The molecule has 0 aromatic carbocycles. The van der Waals surface area contributed by atoms with Gasteiger partial charge in [-0.2, -0.15) is 0 Å². The molecule has 1 heterocycles. The number of fused-ring (bicyclic) bond motifs is 2. The third kappa shape index (κ3) is 3.00. The van der Waals surface area contributed by atoms with Crippen molar-refractivity contribution in [3.05, 3.63) is 22.8 Å². The molecule has 3 saturated carbocycles. The van der Waals surface area contributed by atoms with E-state index in [0.717, 1.165) is 24.2 Å². The molecule has 0 spiro atoms. The molecular weight excluding hydrogens is 328 g/mol. The van der Waals surface area contributed by atoms with Gasteiger partial charge in [-0.25, -0.2) is 4.98 Å². The first-order chi connectivity index (χ1) is 11.1. The van der Waals surface area contributed by atoms with Crippen LogP contribution in [0.25, 0.3) is 0 Å². The topological polar surface area (TPSA) is 42.0 Å². The van der Waals surface area contributed by atoms with Crippen LogP contribution in [-0.4, -0.2) is 23.2 Å². The monoisotopic (exact) mass is 350 g/mol. The van der Waals surface area contributed by atoms with Crippen LogP contribution in [0.5, 0.6) is 0 Å². The lowest BCUT2D eigenvalue weighted by atomic mass is 9.77. The van der Waals surface area contributed by atoms with Gasteiger partial charge in [-0.05, 0) is 80.6 Å². The number of thioether (sulfide) groups is 1. The van der Waals surface area contributed by atoms with Crippen molar-refractivity contribution < 1.29 is 4.79 Å². The van der Waals surface area contributed by atoms with Gasteiger partial charge < -0.3 is 5.32 Å². The second-order valence-corrected chi connectivity index (χ2v) is 8.62. The quantitative estimate of drug-likeness (QED) is 0.648. The molecule has 5 unspecified atom stereocenters. The molecule has 3 aliphatic carbocycles. The van der Waals surface area contributed by atoms with Gasteiger partial charge in [0, 0.05) is 6.04 Å². The summed E-state index contributed by atoms with van der Waals surface area (Å²) >= 11 is 7.42. The zero-order valence-corrected chi connectivity index (χ0v) is 15.0. The number of halogens is 1. The maximum Gasteiger partial charge on any atom is 0.254 e. The molecule has 1 amide bonds. The molecule has 4 rings (SSSR count). The van der Waals surface area contributed by atoms with Gasteiger partial charge in [-0.1, -0.05) is 11.6 Å². The van der Waals surface area contributed by atoms with Crippen LogP contribution in [0.4, 0.5) is 0 Å². The molecule has 1 N–H and O–H groups in total. The highest BCUT2D eigenvalue weighted by atomic mass is 35.5. The van der Waals surface area contributed by atoms with Crippen molar-refractivity contribution in [3.63, 3.8) is 0 Å². The molecule has 0 aliphatic heterocycles. The minimum absolute atomic E-state index is 0.0150. The predicted molar refractivity (Wildman–Crippen MR) is 93.9 cm³/mol. The fourth-order valence-corrected chi connectivity index (χ4v) is 5.99. The molecule has 0 radical (unpaired) electrons. The van der Waals surface area contributed by atoms with E-state index in [-0.39, 0.29) is 5.91 Å². The number of nitrogens with zero attached hydrogens (tertiary/aromatic N) is 1. The van der Waals surface area contributed by atoms with Crippen molar-refractivity contribution in [2.75, 3.05) is 6.26 Å². The van der Waals surface area contributed by atoms with Crippen molar-refractivity contribution in [1.29, 1.82) is 0 Å². The molecule has 1 aromatic rings. The van der Waals surface area contributed by atoms with Gasteiger partial charge in [0.2, 0.25) is 0 Å². The minimum Gasteiger partial charge on any atom is -0.349 e. The third-order valence-electron chi connectivity index (χ3n) is 6.18. The normalized spacial score (nSPS) is 35.1. The summed E-state index contributed by atoms with van der Waals surface area (Å²) in [5.74, 6) is 3.46. The van der Waals surface area contributed by atoms with Crippen molar-refractivity contribution >= 4 is 29.3 Å². The number of pyridine rings is 1. The zero-order valence-electron chi connectivity index (χ0n) is 13.4. The molecule has 0 saturated heterocycles. The Balaban J connectivity index is 1.51. The van der Waals surface area contributed by atoms with Crippen LogP contribution in [0.15, 0.2) is 17.2 Å². The van der Waals surface area contributed by atoms with Gasteiger partial charge in [0.05, 0.1) is 5.56 Å². The second kappa shape index (κ2) is 6.29. The van der Waals surface area contributed by atoms with E-state index in [9.17, 15) is 4.79 Å². The Morgan fingerprint density at radius 3 is 2.78 bits per heavy atom. The van der Waals surface area contributed by atoms with E-state index < -0.39 is 0 Å². The lowest BCUT2D eigenvalue weighted by Gasteiger charge is -2.33. The second-order valence-electron chi connectivity index (χ2n) is 7.44. The fourth-order valence-electron chi connectivity index (χ4n) is 5.23. The van der Waals surface area contributed by atoms with Crippen molar-refractivity contribution in [2.45, 2.75) is 49.6 Å². The Morgan fingerprint density at radius 1 is 1.17 bits per heavy atom. The summed E-state index contributed by atoms with van der Waals surface area (Å²) in [4.78, 5) is 17.0. The van der Waals surface area contributed by atoms with Gasteiger partial charge >= 0.3 is 0 Å². The number of rotatable bonds is 3. The van der Waals surface area contributed by atoms with Crippen molar-refractivity contribution in [1.82, 2.24) is 10.3 Å². The van der Waals surface area contributed by atoms with E-state index in [1.54, 1.807) is 12.1 Å². The number of carbonyl (C=O) groups is 1. The van der Waals surface area contributed by atoms with Crippen LogP contribution in [-0.2, 0) is 0 Å². The summed E-state index contributed by atoms with van der Waals surface area (Å²) in [7, 11) is 0.